The van der Waals surface area contributed by atoms with Gasteiger partial charge in [0.15, 0.2) is 5.13 Å². The molecule has 0 unspecified atom stereocenters. The number of hydrogen-bond donors (Lipinski definition) is 1. The van der Waals surface area contributed by atoms with Gasteiger partial charge < -0.3 is 10.2 Å². The zero-order valence-corrected chi connectivity index (χ0v) is 17.1. The van der Waals surface area contributed by atoms with Gasteiger partial charge in [-0.15, -0.1) is 0 Å². The van der Waals surface area contributed by atoms with Crippen molar-refractivity contribution < 1.29 is 4.79 Å². The quantitative estimate of drug-likeness (QED) is 0.753. The monoisotopic (exact) mass is 383 g/mol. The van der Waals surface area contributed by atoms with Gasteiger partial charge in [0.2, 0.25) is 0 Å². The van der Waals surface area contributed by atoms with Crippen molar-refractivity contribution in [3.63, 3.8) is 0 Å². The number of benzene rings is 1. The fourth-order valence-corrected chi connectivity index (χ4v) is 4.83. The molecular weight excluding hydrogens is 358 g/mol. The Balaban J connectivity index is 1.40. The van der Waals surface area contributed by atoms with Gasteiger partial charge in [0, 0.05) is 31.9 Å². The molecule has 1 amide bonds. The Hall–Kier alpha value is -2.41. The highest BCUT2D eigenvalue weighted by Crippen LogP contribution is 2.32. The number of nitrogens with one attached hydrogen (secondary N) is 1. The lowest BCUT2D eigenvalue weighted by molar-refractivity contribution is 0.0925. The Bertz CT molecular complexity index is 978. The van der Waals surface area contributed by atoms with E-state index in [1.807, 2.05) is 20.0 Å². The predicted molar refractivity (Wildman–Crippen MR) is 110 cm³/mol. The average Bonchev–Trinajstić information content (AvgIpc) is 3.19. The third-order valence-electron chi connectivity index (χ3n) is 5.27. The summed E-state index contributed by atoms with van der Waals surface area (Å²) in [6.45, 7) is 8.01. The van der Waals surface area contributed by atoms with Crippen LogP contribution in [0.1, 0.15) is 40.2 Å². The fourth-order valence-electron chi connectivity index (χ4n) is 3.64. The van der Waals surface area contributed by atoms with Crippen LogP contribution in [0.5, 0.6) is 0 Å². The molecule has 142 valence electrons. The first-order chi connectivity index (χ1) is 12.9. The van der Waals surface area contributed by atoms with Gasteiger partial charge in [-0.1, -0.05) is 17.4 Å². The highest BCUT2D eigenvalue weighted by Gasteiger charge is 2.24. The second-order valence-electron chi connectivity index (χ2n) is 7.45. The molecule has 0 radical (unpaired) electrons. The smallest absolute Gasteiger partial charge is 0.272 e. The predicted octanol–water partition coefficient (Wildman–Crippen LogP) is 3.35. The number of rotatable bonds is 3. The summed E-state index contributed by atoms with van der Waals surface area (Å²) in [6, 6.07) is 6.42. The van der Waals surface area contributed by atoms with Gasteiger partial charge in [-0.3, -0.25) is 9.48 Å². The summed E-state index contributed by atoms with van der Waals surface area (Å²) >= 11 is 1.76. The SMILES string of the molecule is Cc1cc(C)c2nc(N3CCC(NC(=O)c4cc(C)n(C)n4)CC3)sc2c1. The van der Waals surface area contributed by atoms with Crippen molar-refractivity contribution in [2.24, 2.45) is 7.05 Å². The van der Waals surface area contributed by atoms with Gasteiger partial charge in [0.1, 0.15) is 5.69 Å². The summed E-state index contributed by atoms with van der Waals surface area (Å²) < 4.78 is 2.98. The van der Waals surface area contributed by atoms with Crippen molar-refractivity contribution in [1.29, 1.82) is 0 Å². The third kappa shape index (κ3) is 3.56. The summed E-state index contributed by atoms with van der Waals surface area (Å²) in [5.41, 5.74) is 5.11. The molecule has 0 saturated carbocycles. The first-order valence-corrected chi connectivity index (χ1v) is 10.2. The van der Waals surface area contributed by atoms with Gasteiger partial charge in [-0.05, 0) is 56.9 Å². The molecule has 6 nitrogen and oxygen atoms in total. The minimum absolute atomic E-state index is 0.0803. The molecule has 1 aliphatic rings. The van der Waals surface area contributed by atoms with Crippen LogP contribution in [0.15, 0.2) is 18.2 Å². The maximum absolute atomic E-state index is 12.4. The van der Waals surface area contributed by atoms with Crippen LogP contribution < -0.4 is 10.2 Å². The molecule has 1 N–H and O–H groups in total. The average molecular weight is 384 g/mol. The molecule has 1 aromatic carbocycles. The van der Waals surface area contributed by atoms with Crippen LogP contribution >= 0.6 is 11.3 Å². The van der Waals surface area contributed by atoms with Crippen LogP contribution in [-0.4, -0.2) is 39.8 Å². The number of hydrogen-bond acceptors (Lipinski definition) is 5. The molecule has 0 atom stereocenters. The van der Waals surface area contributed by atoms with Crippen LogP contribution in [-0.2, 0) is 7.05 Å². The van der Waals surface area contributed by atoms with E-state index in [1.54, 1.807) is 16.0 Å². The minimum atomic E-state index is -0.0803. The lowest BCUT2D eigenvalue weighted by Crippen LogP contribution is -2.44. The molecule has 1 fully saturated rings. The van der Waals surface area contributed by atoms with Crippen LogP contribution in [0.25, 0.3) is 10.2 Å². The Morgan fingerprint density at radius 1 is 1.19 bits per heavy atom. The zero-order valence-electron chi connectivity index (χ0n) is 16.2. The standard InChI is InChI=1S/C20H25N5OS/c1-12-9-13(2)18-17(10-12)27-20(22-18)25-7-5-15(6-8-25)21-19(26)16-11-14(3)24(4)23-16/h9-11,15H,5-8H2,1-4H3,(H,21,26). The van der Waals surface area contributed by atoms with Gasteiger partial charge >= 0.3 is 0 Å². The van der Waals surface area contributed by atoms with Crippen LogP contribution in [0.3, 0.4) is 0 Å². The molecule has 1 aliphatic heterocycles. The number of fused-ring (bicyclic) bond motifs is 1. The van der Waals surface area contributed by atoms with E-state index in [-0.39, 0.29) is 11.9 Å². The molecule has 0 bridgehead atoms. The molecule has 3 aromatic rings. The summed E-state index contributed by atoms with van der Waals surface area (Å²) in [7, 11) is 1.85. The molecule has 2 aromatic heterocycles. The molecule has 27 heavy (non-hydrogen) atoms. The maximum atomic E-state index is 12.4. The number of carbonyl (C=O) groups excluding carboxylic acids is 1. The van der Waals surface area contributed by atoms with E-state index in [0.29, 0.717) is 5.69 Å². The van der Waals surface area contributed by atoms with Gasteiger partial charge in [-0.2, -0.15) is 5.10 Å². The summed E-state index contributed by atoms with van der Waals surface area (Å²) in [5.74, 6) is -0.0803. The molecule has 4 rings (SSSR count). The molecule has 3 heterocycles. The number of amides is 1. The first kappa shape index (κ1) is 18.0. The van der Waals surface area contributed by atoms with Crippen molar-refractivity contribution in [3.05, 3.63) is 40.7 Å². The van der Waals surface area contributed by atoms with Gasteiger partial charge in [0.05, 0.1) is 10.2 Å². The topological polar surface area (TPSA) is 63.1 Å². The number of aryl methyl sites for hydroxylation is 4. The number of carbonyl (C=O) groups is 1. The molecule has 7 heteroatoms. The highest BCUT2D eigenvalue weighted by atomic mass is 32.1. The lowest BCUT2D eigenvalue weighted by atomic mass is 10.1. The Morgan fingerprint density at radius 3 is 2.59 bits per heavy atom. The van der Waals surface area contributed by atoms with E-state index in [0.717, 1.165) is 42.3 Å². The van der Waals surface area contributed by atoms with Crippen molar-refractivity contribution in [2.45, 2.75) is 39.7 Å². The zero-order chi connectivity index (χ0) is 19.1. The number of nitrogens with zero attached hydrogens (tertiary/aromatic N) is 4. The first-order valence-electron chi connectivity index (χ1n) is 9.35. The second kappa shape index (κ2) is 6.96. The Kier molecular flexibility index (Phi) is 4.63. The summed E-state index contributed by atoms with van der Waals surface area (Å²) in [6.07, 6.45) is 1.84. The molecular formula is C20H25N5OS. The van der Waals surface area contributed by atoms with Crippen molar-refractivity contribution in [1.82, 2.24) is 20.1 Å². The van der Waals surface area contributed by atoms with Crippen molar-refractivity contribution in [3.8, 4) is 0 Å². The third-order valence-corrected chi connectivity index (χ3v) is 6.33. The molecule has 1 saturated heterocycles. The van der Waals surface area contributed by atoms with Crippen molar-refractivity contribution in [2.75, 3.05) is 18.0 Å². The normalized spacial score (nSPS) is 15.5. The second-order valence-corrected chi connectivity index (χ2v) is 8.46. The Morgan fingerprint density at radius 2 is 1.93 bits per heavy atom. The van der Waals surface area contributed by atoms with E-state index in [4.69, 9.17) is 4.98 Å². The minimum Gasteiger partial charge on any atom is -0.348 e. The number of thiazole rings is 1. The van der Waals surface area contributed by atoms with E-state index >= 15 is 0 Å². The largest absolute Gasteiger partial charge is 0.348 e. The Labute approximate surface area is 163 Å². The van der Waals surface area contributed by atoms with Gasteiger partial charge in [-0.25, -0.2) is 4.98 Å². The highest BCUT2D eigenvalue weighted by molar-refractivity contribution is 7.22. The van der Waals surface area contributed by atoms with Gasteiger partial charge in [0.25, 0.3) is 5.91 Å². The maximum Gasteiger partial charge on any atom is 0.272 e. The number of aromatic nitrogens is 3. The summed E-state index contributed by atoms with van der Waals surface area (Å²) in [4.78, 5) is 19.6. The summed E-state index contributed by atoms with van der Waals surface area (Å²) in [5, 5.41) is 8.48. The van der Waals surface area contributed by atoms with E-state index in [2.05, 4.69) is 41.3 Å². The fraction of sp³-hybridized carbons (Fsp3) is 0.450. The van der Waals surface area contributed by atoms with E-state index in [9.17, 15) is 4.79 Å². The number of anilines is 1. The van der Waals surface area contributed by atoms with E-state index < -0.39 is 0 Å². The molecule has 0 spiro atoms. The van der Waals surface area contributed by atoms with Crippen molar-refractivity contribution >= 4 is 32.6 Å². The number of piperidine rings is 1. The lowest BCUT2D eigenvalue weighted by Gasteiger charge is -2.32. The van der Waals surface area contributed by atoms with Crippen LogP contribution in [0.4, 0.5) is 5.13 Å². The van der Waals surface area contributed by atoms with E-state index in [1.165, 1.54) is 15.8 Å². The van der Waals surface area contributed by atoms with Crippen LogP contribution in [0, 0.1) is 20.8 Å². The molecule has 0 aliphatic carbocycles. The van der Waals surface area contributed by atoms with Crippen LogP contribution in [0.2, 0.25) is 0 Å².